The molecule has 0 amide bonds. The summed E-state index contributed by atoms with van der Waals surface area (Å²) in [5.74, 6) is 0.568. The van der Waals surface area contributed by atoms with Crippen molar-refractivity contribution in [3.63, 3.8) is 0 Å². The van der Waals surface area contributed by atoms with Gasteiger partial charge >= 0.3 is 0 Å². The molecule has 1 aromatic heterocycles. The van der Waals surface area contributed by atoms with E-state index in [0.717, 1.165) is 20.6 Å². The molecular weight excluding hydrogens is 460 g/mol. The standard InChI is InChI=1S/C21H14BrClN2O2S/c22-13-5-3-12(4-6-13)20(26)21-25-17(11-16(24-25)19-2-1-9-28-19)15-10-14(23)7-8-18(15)27-21/h1-10,17,21H,11H2/t17-,21-/m1/s1. The van der Waals surface area contributed by atoms with Gasteiger partial charge in [0.25, 0.3) is 6.23 Å². The average Bonchev–Trinajstić information content (AvgIpc) is 3.37. The highest BCUT2D eigenvalue weighted by Gasteiger charge is 2.43. The highest BCUT2D eigenvalue weighted by Crippen LogP contribution is 2.44. The van der Waals surface area contributed by atoms with E-state index in [1.54, 1.807) is 34.5 Å². The van der Waals surface area contributed by atoms with E-state index >= 15 is 0 Å². The molecule has 0 aliphatic carbocycles. The number of carbonyl (C=O) groups is 1. The number of rotatable bonds is 3. The predicted octanol–water partition coefficient (Wildman–Crippen LogP) is 5.92. The number of nitrogens with zero attached hydrogens (tertiary/aromatic N) is 2. The van der Waals surface area contributed by atoms with E-state index in [2.05, 4.69) is 15.9 Å². The number of hydrazone groups is 1. The number of halogens is 2. The van der Waals surface area contributed by atoms with Crippen LogP contribution in [-0.2, 0) is 0 Å². The van der Waals surface area contributed by atoms with Crippen LogP contribution in [0, 0.1) is 0 Å². The Labute approximate surface area is 179 Å². The van der Waals surface area contributed by atoms with Gasteiger partial charge in [0.15, 0.2) is 0 Å². The molecule has 0 unspecified atom stereocenters. The molecule has 3 heterocycles. The molecular formula is C21H14BrClN2O2S. The normalized spacial score (nSPS) is 20.2. The zero-order valence-electron chi connectivity index (χ0n) is 14.5. The van der Waals surface area contributed by atoms with E-state index in [1.165, 1.54) is 0 Å². The van der Waals surface area contributed by atoms with E-state index in [1.807, 2.05) is 41.8 Å². The second kappa shape index (κ2) is 7.03. The van der Waals surface area contributed by atoms with Crippen LogP contribution < -0.4 is 4.74 Å². The van der Waals surface area contributed by atoms with Crippen molar-refractivity contribution >= 4 is 50.4 Å². The Hall–Kier alpha value is -2.15. The first-order chi connectivity index (χ1) is 13.6. The zero-order valence-corrected chi connectivity index (χ0v) is 17.7. The maximum Gasteiger partial charge on any atom is 0.251 e. The minimum Gasteiger partial charge on any atom is -0.461 e. The minimum absolute atomic E-state index is 0.0797. The smallest absolute Gasteiger partial charge is 0.251 e. The number of hydrogen-bond donors (Lipinski definition) is 0. The highest BCUT2D eigenvalue weighted by atomic mass is 79.9. The number of ketones is 1. The van der Waals surface area contributed by atoms with Crippen LogP contribution >= 0.6 is 38.9 Å². The third-order valence-corrected chi connectivity index (χ3v) is 6.59. The second-order valence-corrected chi connectivity index (χ2v) is 8.95. The Kier molecular flexibility index (Phi) is 4.50. The van der Waals surface area contributed by atoms with Crippen LogP contribution in [0.1, 0.15) is 33.3 Å². The summed E-state index contributed by atoms with van der Waals surface area (Å²) in [6.45, 7) is 0. The predicted molar refractivity (Wildman–Crippen MR) is 114 cm³/mol. The van der Waals surface area contributed by atoms with Gasteiger partial charge in [-0.05, 0) is 41.8 Å². The number of ether oxygens (including phenoxy) is 1. The Balaban J connectivity index is 1.57. The molecule has 4 nitrogen and oxygen atoms in total. The lowest BCUT2D eigenvalue weighted by molar-refractivity contribution is -0.00455. The van der Waals surface area contributed by atoms with Crippen LogP contribution in [0.5, 0.6) is 5.75 Å². The SMILES string of the molecule is O=C(c1ccc(Br)cc1)[C@H]1Oc2ccc(Cl)cc2[C@H]2CC(c3cccs3)=NN12. The summed E-state index contributed by atoms with van der Waals surface area (Å²) < 4.78 is 7.04. The van der Waals surface area contributed by atoms with Crippen molar-refractivity contribution in [2.24, 2.45) is 5.10 Å². The van der Waals surface area contributed by atoms with E-state index in [4.69, 9.17) is 21.4 Å². The first-order valence-corrected chi connectivity index (χ1v) is 10.8. The van der Waals surface area contributed by atoms with Gasteiger partial charge in [0, 0.05) is 27.0 Å². The number of hydrogen-bond acceptors (Lipinski definition) is 5. The van der Waals surface area contributed by atoms with Crippen molar-refractivity contribution in [1.29, 1.82) is 0 Å². The van der Waals surface area contributed by atoms with Gasteiger partial charge in [-0.25, -0.2) is 5.01 Å². The topological polar surface area (TPSA) is 41.9 Å². The van der Waals surface area contributed by atoms with Gasteiger partial charge in [-0.15, -0.1) is 11.3 Å². The molecule has 0 spiro atoms. The Morgan fingerprint density at radius 2 is 2.04 bits per heavy atom. The summed E-state index contributed by atoms with van der Waals surface area (Å²) in [6, 6.07) is 16.8. The molecule has 0 radical (unpaired) electrons. The summed E-state index contributed by atoms with van der Waals surface area (Å²) in [7, 11) is 0. The largest absolute Gasteiger partial charge is 0.461 e. The molecule has 0 saturated heterocycles. The number of fused-ring (bicyclic) bond motifs is 3. The Morgan fingerprint density at radius 1 is 1.21 bits per heavy atom. The van der Waals surface area contributed by atoms with Crippen LogP contribution in [0.3, 0.4) is 0 Å². The van der Waals surface area contributed by atoms with Crippen LogP contribution in [0.25, 0.3) is 0 Å². The van der Waals surface area contributed by atoms with Crippen LogP contribution in [0.4, 0.5) is 0 Å². The second-order valence-electron chi connectivity index (χ2n) is 6.65. The molecule has 0 fully saturated rings. The summed E-state index contributed by atoms with van der Waals surface area (Å²) >= 11 is 11.3. The molecule has 0 N–H and O–H groups in total. The fourth-order valence-corrected chi connectivity index (χ4v) is 4.75. The zero-order chi connectivity index (χ0) is 19.3. The quantitative estimate of drug-likeness (QED) is 0.444. The first-order valence-electron chi connectivity index (χ1n) is 8.76. The summed E-state index contributed by atoms with van der Waals surface area (Å²) in [5.41, 5.74) is 2.51. The minimum atomic E-state index is -0.808. The van der Waals surface area contributed by atoms with E-state index in [9.17, 15) is 4.79 Å². The van der Waals surface area contributed by atoms with Crippen molar-refractivity contribution in [2.75, 3.05) is 0 Å². The number of Topliss-reactive ketones (excluding diaryl/α,β-unsaturated/α-hetero) is 1. The Morgan fingerprint density at radius 3 is 2.79 bits per heavy atom. The molecule has 0 bridgehead atoms. The summed E-state index contributed by atoms with van der Waals surface area (Å²) in [6.07, 6.45) is -0.0984. The van der Waals surface area contributed by atoms with Gasteiger partial charge in [0.2, 0.25) is 5.78 Å². The summed E-state index contributed by atoms with van der Waals surface area (Å²) in [5, 5.41) is 9.25. The van der Waals surface area contributed by atoms with Gasteiger partial charge in [0.1, 0.15) is 5.75 Å². The Bertz CT molecular complexity index is 1080. The molecule has 2 aromatic carbocycles. The van der Waals surface area contributed by atoms with Gasteiger partial charge in [0.05, 0.1) is 16.6 Å². The molecule has 2 atom stereocenters. The van der Waals surface area contributed by atoms with E-state index in [0.29, 0.717) is 22.8 Å². The molecule has 7 heteroatoms. The number of thiophene rings is 1. The molecule has 3 aromatic rings. The molecule has 0 saturated carbocycles. The lowest BCUT2D eigenvalue weighted by Crippen LogP contribution is -2.45. The molecule has 28 heavy (non-hydrogen) atoms. The third-order valence-electron chi connectivity index (χ3n) is 4.91. The third kappa shape index (κ3) is 3.05. The maximum atomic E-state index is 13.2. The van der Waals surface area contributed by atoms with Crippen LogP contribution in [0.15, 0.2) is 69.6 Å². The number of benzene rings is 2. The number of carbonyl (C=O) groups excluding carboxylic acids is 1. The lowest BCUT2D eigenvalue weighted by Gasteiger charge is -2.37. The monoisotopic (exact) mass is 472 g/mol. The van der Waals surface area contributed by atoms with Crippen LogP contribution in [-0.4, -0.2) is 22.7 Å². The van der Waals surface area contributed by atoms with Gasteiger partial charge in [-0.1, -0.05) is 45.7 Å². The van der Waals surface area contributed by atoms with Crippen molar-refractivity contribution in [2.45, 2.75) is 18.7 Å². The van der Waals surface area contributed by atoms with Crippen molar-refractivity contribution in [3.05, 3.63) is 85.5 Å². The average molecular weight is 474 g/mol. The fourth-order valence-electron chi connectivity index (χ4n) is 3.58. The van der Waals surface area contributed by atoms with Gasteiger partial charge < -0.3 is 4.74 Å². The molecule has 5 rings (SSSR count). The first kappa shape index (κ1) is 17.9. The van der Waals surface area contributed by atoms with Crippen molar-refractivity contribution < 1.29 is 9.53 Å². The molecule has 140 valence electrons. The molecule has 2 aliphatic rings. The summed E-state index contributed by atoms with van der Waals surface area (Å²) in [4.78, 5) is 14.4. The maximum absolute atomic E-state index is 13.2. The van der Waals surface area contributed by atoms with Gasteiger partial charge in [-0.2, -0.15) is 5.10 Å². The fraction of sp³-hybridized carbons (Fsp3) is 0.143. The van der Waals surface area contributed by atoms with E-state index < -0.39 is 6.23 Å². The lowest BCUT2D eigenvalue weighted by atomic mass is 9.97. The van der Waals surface area contributed by atoms with Crippen LogP contribution in [0.2, 0.25) is 5.02 Å². The van der Waals surface area contributed by atoms with Gasteiger partial charge in [-0.3, -0.25) is 4.79 Å². The molecule has 2 aliphatic heterocycles. The van der Waals surface area contributed by atoms with Crippen molar-refractivity contribution in [1.82, 2.24) is 5.01 Å². The van der Waals surface area contributed by atoms with E-state index in [-0.39, 0.29) is 11.8 Å². The highest BCUT2D eigenvalue weighted by molar-refractivity contribution is 9.10. The van der Waals surface area contributed by atoms with Crippen molar-refractivity contribution in [3.8, 4) is 5.75 Å².